The van der Waals surface area contributed by atoms with Crippen LogP contribution in [0.2, 0.25) is 0 Å². The lowest BCUT2D eigenvalue weighted by Gasteiger charge is -2.08. The molecule has 0 aliphatic rings. The average Bonchev–Trinajstić information content (AvgIpc) is 2.21. The topological polar surface area (TPSA) is 64.7 Å². The lowest BCUT2D eigenvalue weighted by molar-refractivity contribution is 0.126. The third-order valence-electron chi connectivity index (χ3n) is 1.82. The van der Waals surface area contributed by atoms with E-state index in [1.54, 1.807) is 18.2 Å². The first-order valence-electron chi connectivity index (χ1n) is 4.42. The Morgan fingerprint density at radius 1 is 1.43 bits per heavy atom. The number of hydrogen-bond donors (Lipinski definition) is 2. The van der Waals surface area contributed by atoms with Crippen molar-refractivity contribution in [2.24, 2.45) is 5.73 Å². The summed E-state index contributed by atoms with van der Waals surface area (Å²) in [5, 5.41) is 9.65. The SMILES string of the molecule is COc1cccc(COCCN)c1O. The summed E-state index contributed by atoms with van der Waals surface area (Å²) in [5.74, 6) is 0.589. The van der Waals surface area contributed by atoms with E-state index in [0.717, 1.165) is 0 Å². The van der Waals surface area contributed by atoms with E-state index >= 15 is 0 Å². The van der Waals surface area contributed by atoms with Crippen LogP contribution in [-0.4, -0.2) is 25.4 Å². The molecule has 1 aromatic rings. The maximum Gasteiger partial charge on any atom is 0.163 e. The second-order valence-corrected chi connectivity index (χ2v) is 2.81. The fourth-order valence-corrected chi connectivity index (χ4v) is 1.11. The summed E-state index contributed by atoms with van der Waals surface area (Å²) in [7, 11) is 1.51. The minimum atomic E-state index is 0.132. The van der Waals surface area contributed by atoms with Gasteiger partial charge in [-0.05, 0) is 6.07 Å². The monoisotopic (exact) mass is 197 g/mol. The Bertz CT molecular complexity index is 289. The molecule has 14 heavy (non-hydrogen) atoms. The lowest BCUT2D eigenvalue weighted by Crippen LogP contribution is -2.08. The van der Waals surface area contributed by atoms with E-state index in [1.165, 1.54) is 7.11 Å². The van der Waals surface area contributed by atoms with Crippen LogP contribution >= 0.6 is 0 Å². The van der Waals surface area contributed by atoms with E-state index in [1.807, 2.05) is 0 Å². The Hall–Kier alpha value is -1.26. The van der Waals surface area contributed by atoms with Gasteiger partial charge in [0.25, 0.3) is 0 Å². The van der Waals surface area contributed by atoms with Crippen LogP contribution in [0.25, 0.3) is 0 Å². The summed E-state index contributed by atoms with van der Waals surface area (Å²) in [4.78, 5) is 0. The summed E-state index contributed by atoms with van der Waals surface area (Å²) in [6, 6.07) is 5.29. The molecule has 0 fully saturated rings. The van der Waals surface area contributed by atoms with Crippen LogP contribution in [0, 0.1) is 0 Å². The van der Waals surface area contributed by atoms with Crippen molar-refractivity contribution in [1.82, 2.24) is 0 Å². The van der Waals surface area contributed by atoms with Crippen LogP contribution in [0.4, 0.5) is 0 Å². The highest BCUT2D eigenvalue weighted by atomic mass is 16.5. The van der Waals surface area contributed by atoms with Crippen molar-refractivity contribution < 1.29 is 14.6 Å². The van der Waals surface area contributed by atoms with Crippen molar-refractivity contribution in [1.29, 1.82) is 0 Å². The van der Waals surface area contributed by atoms with E-state index in [-0.39, 0.29) is 5.75 Å². The Labute approximate surface area is 83.3 Å². The molecule has 1 aromatic carbocycles. The number of phenolic OH excluding ortho intramolecular Hbond substituents is 1. The molecule has 0 aliphatic carbocycles. The quantitative estimate of drug-likeness (QED) is 0.688. The molecule has 4 heteroatoms. The molecule has 4 nitrogen and oxygen atoms in total. The maximum absolute atomic E-state index is 9.65. The number of benzene rings is 1. The van der Waals surface area contributed by atoms with Crippen molar-refractivity contribution in [2.45, 2.75) is 6.61 Å². The normalized spacial score (nSPS) is 10.1. The van der Waals surface area contributed by atoms with Gasteiger partial charge in [-0.25, -0.2) is 0 Å². The highest BCUT2D eigenvalue weighted by Gasteiger charge is 2.06. The van der Waals surface area contributed by atoms with Crippen molar-refractivity contribution in [3.05, 3.63) is 23.8 Å². The molecule has 0 amide bonds. The van der Waals surface area contributed by atoms with Gasteiger partial charge in [-0.2, -0.15) is 0 Å². The second-order valence-electron chi connectivity index (χ2n) is 2.81. The Morgan fingerprint density at radius 3 is 2.86 bits per heavy atom. The van der Waals surface area contributed by atoms with Gasteiger partial charge in [-0.3, -0.25) is 0 Å². The Morgan fingerprint density at radius 2 is 2.21 bits per heavy atom. The third kappa shape index (κ3) is 2.61. The fourth-order valence-electron chi connectivity index (χ4n) is 1.11. The van der Waals surface area contributed by atoms with Gasteiger partial charge in [-0.15, -0.1) is 0 Å². The number of aromatic hydroxyl groups is 1. The molecule has 0 heterocycles. The first-order chi connectivity index (χ1) is 6.79. The van der Waals surface area contributed by atoms with Gasteiger partial charge in [0.15, 0.2) is 11.5 Å². The molecule has 0 aliphatic heterocycles. The van der Waals surface area contributed by atoms with Crippen molar-refractivity contribution in [3.8, 4) is 11.5 Å². The molecule has 0 aromatic heterocycles. The predicted molar refractivity (Wildman–Crippen MR) is 53.4 cm³/mol. The Balaban J connectivity index is 2.66. The summed E-state index contributed by atoms with van der Waals surface area (Å²) >= 11 is 0. The van der Waals surface area contributed by atoms with Gasteiger partial charge in [0.1, 0.15) is 0 Å². The molecule has 0 atom stereocenters. The van der Waals surface area contributed by atoms with Gasteiger partial charge >= 0.3 is 0 Å². The molecule has 0 bridgehead atoms. The number of hydrogen-bond acceptors (Lipinski definition) is 4. The van der Waals surface area contributed by atoms with Gasteiger partial charge in [0.05, 0.1) is 20.3 Å². The summed E-state index contributed by atoms with van der Waals surface area (Å²) in [6.07, 6.45) is 0. The van der Waals surface area contributed by atoms with Crippen molar-refractivity contribution in [2.75, 3.05) is 20.3 Å². The maximum atomic E-state index is 9.65. The van der Waals surface area contributed by atoms with Gasteiger partial charge in [0, 0.05) is 12.1 Å². The molecular weight excluding hydrogens is 182 g/mol. The van der Waals surface area contributed by atoms with Gasteiger partial charge in [-0.1, -0.05) is 12.1 Å². The zero-order valence-corrected chi connectivity index (χ0v) is 8.19. The van der Waals surface area contributed by atoms with Crippen LogP contribution in [0.1, 0.15) is 5.56 Å². The number of rotatable bonds is 5. The zero-order valence-electron chi connectivity index (χ0n) is 8.19. The standard InChI is InChI=1S/C10H15NO3/c1-13-9-4-2-3-8(10(9)12)7-14-6-5-11/h2-4,12H,5-7,11H2,1H3. The summed E-state index contributed by atoms with van der Waals surface area (Å²) < 4.78 is 10.2. The molecule has 0 spiro atoms. The number of para-hydroxylation sites is 1. The molecular formula is C10H15NO3. The van der Waals surface area contributed by atoms with Crippen LogP contribution in [0.5, 0.6) is 11.5 Å². The van der Waals surface area contributed by atoms with E-state index in [0.29, 0.717) is 31.1 Å². The van der Waals surface area contributed by atoms with E-state index in [2.05, 4.69) is 0 Å². The molecule has 78 valence electrons. The highest BCUT2D eigenvalue weighted by molar-refractivity contribution is 5.44. The summed E-state index contributed by atoms with van der Waals surface area (Å²) in [5.41, 5.74) is 5.98. The van der Waals surface area contributed by atoms with E-state index in [4.69, 9.17) is 15.2 Å². The van der Waals surface area contributed by atoms with Gasteiger partial charge < -0.3 is 20.3 Å². The average molecular weight is 197 g/mol. The third-order valence-corrected chi connectivity index (χ3v) is 1.82. The minimum absolute atomic E-state index is 0.132. The van der Waals surface area contributed by atoms with E-state index < -0.39 is 0 Å². The van der Waals surface area contributed by atoms with E-state index in [9.17, 15) is 5.11 Å². The minimum Gasteiger partial charge on any atom is -0.504 e. The largest absolute Gasteiger partial charge is 0.504 e. The van der Waals surface area contributed by atoms with Crippen LogP contribution in [0.3, 0.4) is 0 Å². The number of nitrogens with two attached hydrogens (primary N) is 1. The lowest BCUT2D eigenvalue weighted by atomic mass is 10.2. The molecule has 0 saturated heterocycles. The second kappa shape index (κ2) is 5.47. The Kier molecular flexibility index (Phi) is 4.22. The van der Waals surface area contributed by atoms with Crippen LogP contribution in [0.15, 0.2) is 18.2 Å². The van der Waals surface area contributed by atoms with Crippen molar-refractivity contribution >= 4 is 0 Å². The molecule has 0 saturated carbocycles. The van der Waals surface area contributed by atoms with Crippen LogP contribution < -0.4 is 10.5 Å². The predicted octanol–water partition coefficient (Wildman–Crippen LogP) is 0.876. The fraction of sp³-hybridized carbons (Fsp3) is 0.400. The zero-order chi connectivity index (χ0) is 10.4. The number of phenols is 1. The molecule has 0 radical (unpaired) electrons. The molecule has 1 rings (SSSR count). The molecule has 3 N–H and O–H groups in total. The smallest absolute Gasteiger partial charge is 0.163 e. The number of ether oxygens (including phenoxy) is 2. The first-order valence-corrected chi connectivity index (χ1v) is 4.42. The highest BCUT2D eigenvalue weighted by Crippen LogP contribution is 2.29. The van der Waals surface area contributed by atoms with Gasteiger partial charge in [0.2, 0.25) is 0 Å². The van der Waals surface area contributed by atoms with Crippen molar-refractivity contribution in [3.63, 3.8) is 0 Å². The summed E-state index contributed by atoms with van der Waals surface area (Å²) in [6.45, 7) is 1.31. The molecule has 0 unspecified atom stereocenters. The first kappa shape index (κ1) is 10.8. The number of methoxy groups -OCH3 is 1. The van der Waals surface area contributed by atoms with Crippen LogP contribution in [-0.2, 0) is 11.3 Å².